The molecule has 6 nitrogen and oxygen atoms in total. The molecule has 2 atom stereocenters. The summed E-state index contributed by atoms with van der Waals surface area (Å²) in [5, 5.41) is 14.1. The first-order valence-electron chi connectivity index (χ1n) is 7.94. The molecular weight excluding hydrogens is 352 g/mol. The van der Waals surface area contributed by atoms with Crippen LogP contribution in [0.25, 0.3) is 0 Å². The molecule has 2 aliphatic heterocycles. The zero-order valence-corrected chi connectivity index (χ0v) is 15.2. The van der Waals surface area contributed by atoms with Crippen LogP contribution in [-0.2, 0) is 9.59 Å². The zero-order chi connectivity index (χ0) is 16.1. The highest BCUT2D eigenvalue weighted by Gasteiger charge is 2.26. The van der Waals surface area contributed by atoms with Gasteiger partial charge in [0.05, 0.1) is 10.5 Å². The van der Waals surface area contributed by atoms with Crippen LogP contribution in [0.2, 0.25) is 0 Å². The van der Waals surface area contributed by atoms with Crippen LogP contribution >= 0.6 is 34.9 Å². The molecule has 23 heavy (non-hydrogen) atoms. The lowest BCUT2D eigenvalue weighted by molar-refractivity contribution is -0.121. The van der Waals surface area contributed by atoms with Gasteiger partial charge in [-0.05, 0) is 25.7 Å². The van der Waals surface area contributed by atoms with Crippen molar-refractivity contribution in [3.8, 4) is 0 Å². The third-order valence-corrected chi connectivity index (χ3v) is 7.47. The van der Waals surface area contributed by atoms with Gasteiger partial charge in [-0.1, -0.05) is 47.7 Å². The Bertz CT molecular complexity index is 519. The number of amides is 2. The molecule has 0 radical (unpaired) electrons. The normalized spacial score (nSPS) is 26.1. The fourth-order valence-electron chi connectivity index (χ4n) is 2.58. The predicted octanol–water partition coefficient (Wildman–Crippen LogP) is 2.06. The molecule has 3 rings (SSSR count). The highest BCUT2D eigenvalue weighted by Crippen LogP contribution is 2.36. The molecule has 2 saturated heterocycles. The number of carbonyl (C=O) groups excluding carboxylic acids is 2. The Morgan fingerprint density at radius 2 is 1.30 bits per heavy atom. The van der Waals surface area contributed by atoms with Crippen molar-refractivity contribution in [2.75, 3.05) is 13.1 Å². The Hall–Kier alpha value is -0.800. The number of thioether (sulfide) groups is 2. The maximum absolute atomic E-state index is 12.0. The smallest absolute Gasteiger partial charge is 0.233 e. The van der Waals surface area contributed by atoms with Crippen molar-refractivity contribution < 1.29 is 9.59 Å². The summed E-state index contributed by atoms with van der Waals surface area (Å²) in [6.07, 6.45) is 5.94. The van der Waals surface area contributed by atoms with E-state index in [-0.39, 0.29) is 22.3 Å². The maximum Gasteiger partial charge on any atom is 0.233 e. The summed E-state index contributed by atoms with van der Waals surface area (Å²) >= 11 is 4.47. The largest absolute Gasteiger partial charge is 0.355 e. The Kier molecular flexibility index (Phi) is 6.18. The Morgan fingerprint density at radius 1 is 0.826 bits per heavy atom. The molecule has 1 aromatic rings. The number of nitrogens with one attached hydrogen (secondary N) is 2. The van der Waals surface area contributed by atoms with E-state index in [9.17, 15) is 9.59 Å². The number of carbonyl (C=O) groups is 2. The van der Waals surface area contributed by atoms with Crippen LogP contribution in [0, 0.1) is 0 Å². The SMILES string of the molecule is O=C1NCCCC[C@H]1Sc1nnc(S[C@@H]2CCCCNC2=O)s1. The molecule has 126 valence electrons. The summed E-state index contributed by atoms with van der Waals surface area (Å²) in [5.41, 5.74) is 0. The molecule has 0 unspecified atom stereocenters. The molecule has 0 aromatic carbocycles. The van der Waals surface area contributed by atoms with Gasteiger partial charge in [0.25, 0.3) is 0 Å². The number of rotatable bonds is 4. The van der Waals surface area contributed by atoms with Crippen molar-refractivity contribution >= 4 is 46.7 Å². The quantitative estimate of drug-likeness (QED) is 0.842. The second-order valence-corrected chi connectivity index (χ2v) is 9.50. The lowest BCUT2D eigenvalue weighted by Gasteiger charge is -2.10. The first-order valence-corrected chi connectivity index (χ1v) is 10.5. The molecule has 0 aliphatic carbocycles. The molecule has 1 aromatic heterocycles. The van der Waals surface area contributed by atoms with E-state index in [0.717, 1.165) is 60.3 Å². The maximum atomic E-state index is 12.0. The summed E-state index contributed by atoms with van der Waals surface area (Å²) in [6, 6.07) is 0. The molecule has 2 fully saturated rings. The third-order valence-electron chi connectivity index (χ3n) is 3.84. The van der Waals surface area contributed by atoms with E-state index < -0.39 is 0 Å². The van der Waals surface area contributed by atoms with Gasteiger partial charge in [-0.2, -0.15) is 0 Å². The summed E-state index contributed by atoms with van der Waals surface area (Å²) in [5.74, 6) is 0.195. The fraction of sp³-hybridized carbons (Fsp3) is 0.714. The predicted molar refractivity (Wildman–Crippen MR) is 92.9 cm³/mol. The van der Waals surface area contributed by atoms with Gasteiger partial charge in [0.1, 0.15) is 0 Å². The van der Waals surface area contributed by atoms with Gasteiger partial charge in [-0.25, -0.2) is 0 Å². The molecule has 2 aliphatic rings. The minimum Gasteiger partial charge on any atom is -0.355 e. The summed E-state index contributed by atoms with van der Waals surface area (Å²) in [7, 11) is 0. The molecule has 0 spiro atoms. The van der Waals surface area contributed by atoms with Crippen LogP contribution in [0.3, 0.4) is 0 Å². The minimum absolute atomic E-state index is 0.0792. The van der Waals surface area contributed by atoms with E-state index in [1.807, 2.05) is 0 Å². The van der Waals surface area contributed by atoms with Crippen LogP contribution in [-0.4, -0.2) is 45.6 Å². The Morgan fingerprint density at radius 3 is 1.78 bits per heavy atom. The number of nitrogens with zero attached hydrogens (tertiary/aromatic N) is 2. The molecule has 2 N–H and O–H groups in total. The zero-order valence-electron chi connectivity index (χ0n) is 12.7. The summed E-state index contributed by atoms with van der Waals surface area (Å²) in [6.45, 7) is 1.54. The van der Waals surface area contributed by atoms with Gasteiger partial charge in [-0.3, -0.25) is 9.59 Å². The van der Waals surface area contributed by atoms with Gasteiger partial charge in [0.2, 0.25) is 11.8 Å². The van der Waals surface area contributed by atoms with Gasteiger partial charge in [0, 0.05) is 13.1 Å². The molecular formula is C14H20N4O2S3. The molecule has 0 bridgehead atoms. The van der Waals surface area contributed by atoms with Crippen LogP contribution in [0.4, 0.5) is 0 Å². The van der Waals surface area contributed by atoms with Gasteiger partial charge in [-0.15, -0.1) is 10.2 Å². The van der Waals surface area contributed by atoms with Gasteiger partial charge < -0.3 is 10.6 Å². The highest BCUT2D eigenvalue weighted by atomic mass is 32.2. The average molecular weight is 373 g/mol. The number of aromatic nitrogens is 2. The van der Waals surface area contributed by atoms with Crippen LogP contribution in [0.15, 0.2) is 8.68 Å². The van der Waals surface area contributed by atoms with Crippen molar-refractivity contribution in [3.05, 3.63) is 0 Å². The average Bonchev–Trinajstić information content (AvgIpc) is 2.74. The van der Waals surface area contributed by atoms with E-state index in [2.05, 4.69) is 20.8 Å². The van der Waals surface area contributed by atoms with Crippen LogP contribution in [0.5, 0.6) is 0 Å². The van der Waals surface area contributed by atoms with E-state index in [1.54, 1.807) is 0 Å². The van der Waals surface area contributed by atoms with Crippen molar-refractivity contribution in [2.24, 2.45) is 0 Å². The minimum atomic E-state index is -0.0792. The summed E-state index contributed by atoms with van der Waals surface area (Å²) in [4.78, 5) is 24.0. The molecule has 3 heterocycles. The first-order chi connectivity index (χ1) is 11.2. The van der Waals surface area contributed by atoms with Crippen molar-refractivity contribution in [2.45, 2.75) is 57.7 Å². The van der Waals surface area contributed by atoms with Gasteiger partial charge in [0.15, 0.2) is 8.68 Å². The second kappa shape index (κ2) is 8.34. The standard InChI is InChI=1S/C14H20N4O2S3/c19-11-9(5-1-3-7-15-11)21-13-17-18-14(23-13)22-10-6-2-4-8-16-12(10)20/h9-10H,1-8H2,(H,15,19)(H,16,20)/t9-,10-/m1/s1. The van der Waals surface area contributed by atoms with Crippen molar-refractivity contribution in [3.63, 3.8) is 0 Å². The van der Waals surface area contributed by atoms with Crippen LogP contribution in [0.1, 0.15) is 38.5 Å². The lowest BCUT2D eigenvalue weighted by atomic mass is 10.2. The fourth-order valence-corrected chi connectivity index (χ4v) is 6.22. The first kappa shape index (κ1) is 17.0. The Labute approximate surface area is 148 Å². The van der Waals surface area contributed by atoms with Crippen LogP contribution < -0.4 is 10.6 Å². The van der Waals surface area contributed by atoms with E-state index in [4.69, 9.17) is 0 Å². The topological polar surface area (TPSA) is 84.0 Å². The lowest BCUT2D eigenvalue weighted by Crippen LogP contribution is -2.30. The molecule has 0 saturated carbocycles. The molecule has 2 amide bonds. The third kappa shape index (κ3) is 4.84. The molecule has 9 heteroatoms. The monoisotopic (exact) mass is 372 g/mol. The van der Waals surface area contributed by atoms with E-state index in [0.29, 0.717) is 0 Å². The number of hydrogen-bond donors (Lipinski definition) is 2. The summed E-state index contributed by atoms with van der Waals surface area (Å²) < 4.78 is 1.62. The van der Waals surface area contributed by atoms with Gasteiger partial charge >= 0.3 is 0 Å². The van der Waals surface area contributed by atoms with E-state index in [1.165, 1.54) is 34.9 Å². The highest BCUT2D eigenvalue weighted by molar-refractivity contribution is 8.04. The van der Waals surface area contributed by atoms with Crippen molar-refractivity contribution in [1.29, 1.82) is 0 Å². The van der Waals surface area contributed by atoms with E-state index >= 15 is 0 Å². The van der Waals surface area contributed by atoms with Crippen molar-refractivity contribution in [1.82, 2.24) is 20.8 Å². The number of hydrogen-bond acceptors (Lipinski definition) is 7. The Balaban J connectivity index is 1.59. The second-order valence-electron chi connectivity index (χ2n) is 5.62.